The largest absolute Gasteiger partial charge is 0.395 e. The van der Waals surface area contributed by atoms with E-state index in [4.69, 9.17) is 16.2 Å². The Bertz CT molecular complexity index is 83.4. The number of rotatable bonds is 2. The molecule has 0 saturated heterocycles. The molecule has 0 saturated carbocycles. The molecule has 8 heavy (non-hydrogen) atoms. The first-order valence-electron chi connectivity index (χ1n) is 2.34. The number of hydrogen-bond donors (Lipinski definition) is 3. The Hall–Kier alpha value is -0.770. The number of nitrogens with zero attached hydrogens (tertiary/aromatic N) is 1. The van der Waals surface area contributed by atoms with Gasteiger partial charge in [0.2, 0.25) is 0 Å². The molecule has 0 aromatic heterocycles. The monoisotopic (exact) mass is 117 g/mol. The van der Waals surface area contributed by atoms with Crippen LogP contribution in [0.3, 0.4) is 0 Å². The molecule has 0 aromatic carbocycles. The predicted molar refractivity (Wildman–Crippen MR) is 31.6 cm³/mol. The molecule has 0 bridgehead atoms. The van der Waals surface area contributed by atoms with Crippen LogP contribution in [0.4, 0.5) is 0 Å². The van der Waals surface area contributed by atoms with E-state index in [0.29, 0.717) is 6.54 Å². The van der Waals surface area contributed by atoms with Gasteiger partial charge in [-0.25, -0.2) is 0 Å². The topological polar surface area (TPSA) is 73.3 Å². The Morgan fingerprint density at radius 2 is 2.38 bits per heavy atom. The third-order valence-electron chi connectivity index (χ3n) is 0.847. The van der Waals surface area contributed by atoms with Crippen LogP contribution in [0.1, 0.15) is 0 Å². The van der Waals surface area contributed by atoms with Gasteiger partial charge in [0.25, 0.3) is 0 Å². The maximum atomic E-state index is 8.29. The van der Waals surface area contributed by atoms with E-state index in [0.717, 1.165) is 0 Å². The van der Waals surface area contributed by atoms with Gasteiger partial charge in [-0.3, -0.25) is 5.41 Å². The average molecular weight is 117 g/mol. The highest BCUT2D eigenvalue weighted by atomic mass is 16.3. The molecular formula is C4H11N3O. The SMILES string of the molecule is CN(CCO)C(=N)N. The third-order valence-corrected chi connectivity index (χ3v) is 0.847. The summed E-state index contributed by atoms with van der Waals surface area (Å²) in [5.41, 5.74) is 5.02. The van der Waals surface area contributed by atoms with E-state index >= 15 is 0 Å². The molecule has 0 amide bonds. The van der Waals surface area contributed by atoms with Crippen LogP contribution in [-0.4, -0.2) is 36.2 Å². The Kier molecular flexibility index (Phi) is 2.95. The smallest absolute Gasteiger partial charge is 0.188 e. The number of hydrogen-bond acceptors (Lipinski definition) is 2. The summed E-state index contributed by atoms with van der Waals surface area (Å²) in [6.45, 7) is 0.464. The summed E-state index contributed by atoms with van der Waals surface area (Å²) in [6.07, 6.45) is 0. The molecule has 0 heterocycles. The van der Waals surface area contributed by atoms with Gasteiger partial charge < -0.3 is 15.7 Å². The zero-order valence-corrected chi connectivity index (χ0v) is 4.89. The van der Waals surface area contributed by atoms with Crippen molar-refractivity contribution in [2.45, 2.75) is 0 Å². The summed E-state index contributed by atoms with van der Waals surface area (Å²) in [6, 6.07) is 0. The van der Waals surface area contributed by atoms with Crippen LogP contribution in [0.5, 0.6) is 0 Å². The first-order chi connectivity index (χ1) is 3.68. The Morgan fingerprint density at radius 3 is 2.50 bits per heavy atom. The van der Waals surface area contributed by atoms with Gasteiger partial charge in [-0.2, -0.15) is 0 Å². The van der Waals surface area contributed by atoms with Crippen molar-refractivity contribution in [3.05, 3.63) is 0 Å². The van der Waals surface area contributed by atoms with E-state index in [1.54, 1.807) is 7.05 Å². The highest BCUT2D eigenvalue weighted by molar-refractivity contribution is 5.74. The Balaban J connectivity index is 3.32. The first-order valence-corrected chi connectivity index (χ1v) is 2.34. The van der Waals surface area contributed by atoms with Crippen molar-refractivity contribution in [1.82, 2.24) is 4.90 Å². The molecule has 0 rings (SSSR count). The predicted octanol–water partition coefficient (Wildman–Crippen LogP) is -1.20. The number of likely N-dealkylation sites (N-methyl/N-ethyl adjacent to an activating group) is 1. The molecule has 0 spiro atoms. The molecule has 0 aliphatic carbocycles. The second-order valence-electron chi connectivity index (χ2n) is 1.53. The lowest BCUT2D eigenvalue weighted by molar-refractivity contribution is 0.262. The highest BCUT2D eigenvalue weighted by Crippen LogP contribution is 1.74. The van der Waals surface area contributed by atoms with Crippen molar-refractivity contribution in [3.8, 4) is 0 Å². The number of aliphatic hydroxyl groups is 1. The molecule has 48 valence electrons. The van der Waals surface area contributed by atoms with Crippen LogP contribution in [0, 0.1) is 5.41 Å². The van der Waals surface area contributed by atoms with Crippen molar-refractivity contribution in [1.29, 1.82) is 5.41 Å². The molecule has 0 unspecified atom stereocenters. The van der Waals surface area contributed by atoms with Crippen molar-refractivity contribution in [2.24, 2.45) is 5.73 Å². The molecule has 4 nitrogen and oxygen atoms in total. The lowest BCUT2D eigenvalue weighted by Gasteiger charge is -2.13. The average Bonchev–Trinajstić information content (AvgIpc) is 1.67. The summed E-state index contributed by atoms with van der Waals surface area (Å²) in [7, 11) is 1.65. The van der Waals surface area contributed by atoms with E-state index in [1.807, 2.05) is 0 Å². The van der Waals surface area contributed by atoms with Gasteiger partial charge in [-0.1, -0.05) is 0 Å². The van der Waals surface area contributed by atoms with Crippen molar-refractivity contribution in [2.75, 3.05) is 20.2 Å². The second kappa shape index (κ2) is 3.26. The van der Waals surface area contributed by atoms with E-state index in [9.17, 15) is 0 Å². The highest BCUT2D eigenvalue weighted by Gasteiger charge is 1.94. The van der Waals surface area contributed by atoms with Crippen LogP contribution >= 0.6 is 0 Å². The quantitative estimate of drug-likeness (QED) is 0.314. The van der Waals surface area contributed by atoms with Gasteiger partial charge in [-0.05, 0) is 0 Å². The van der Waals surface area contributed by atoms with Gasteiger partial charge in [0, 0.05) is 13.6 Å². The molecule has 0 aliphatic rings. The molecule has 4 N–H and O–H groups in total. The molecule has 0 atom stereocenters. The molecule has 0 fully saturated rings. The number of aliphatic hydroxyl groups excluding tert-OH is 1. The minimum absolute atomic E-state index is 0.0148. The zero-order chi connectivity index (χ0) is 6.57. The number of nitrogens with one attached hydrogen (secondary N) is 1. The number of guanidine groups is 1. The lowest BCUT2D eigenvalue weighted by Crippen LogP contribution is -2.34. The van der Waals surface area contributed by atoms with Crippen LogP contribution in [0.2, 0.25) is 0 Å². The van der Waals surface area contributed by atoms with Crippen molar-refractivity contribution in [3.63, 3.8) is 0 Å². The molecule has 0 aliphatic heterocycles. The first kappa shape index (κ1) is 7.23. The fourth-order valence-corrected chi connectivity index (χ4v) is 0.270. The van der Waals surface area contributed by atoms with E-state index in [-0.39, 0.29) is 12.6 Å². The second-order valence-corrected chi connectivity index (χ2v) is 1.53. The maximum Gasteiger partial charge on any atom is 0.188 e. The summed E-state index contributed by atoms with van der Waals surface area (Å²) in [5, 5.41) is 15.1. The Labute approximate surface area is 48.4 Å². The summed E-state index contributed by atoms with van der Waals surface area (Å²) in [5.74, 6) is -0.0148. The minimum Gasteiger partial charge on any atom is -0.395 e. The summed E-state index contributed by atoms with van der Waals surface area (Å²) < 4.78 is 0. The van der Waals surface area contributed by atoms with E-state index < -0.39 is 0 Å². The Morgan fingerprint density at radius 1 is 1.88 bits per heavy atom. The molecule has 0 aromatic rings. The van der Waals surface area contributed by atoms with Crippen LogP contribution in [0.25, 0.3) is 0 Å². The molecule has 4 heteroatoms. The van der Waals surface area contributed by atoms with Gasteiger partial charge >= 0.3 is 0 Å². The normalized spacial score (nSPS) is 8.75. The minimum atomic E-state index is -0.0148. The van der Waals surface area contributed by atoms with Crippen molar-refractivity contribution < 1.29 is 5.11 Å². The van der Waals surface area contributed by atoms with Gasteiger partial charge in [0.05, 0.1) is 6.61 Å². The fourth-order valence-electron chi connectivity index (χ4n) is 0.270. The number of nitrogens with two attached hydrogens (primary N) is 1. The van der Waals surface area contributed by atoms with Crippen molar-refractivity contribution >= 4 is 5.96 Å². The third kappa shape index (κ3) is 2.41. The van der Waals surface area contributed by atoms with E-state index in [1.165, 1.54) is 4.90 Å². The van der Waals surface area contributed by atoms with E-state index in [2.05, 4.69) is 0 Å². The van der Waals surface area contributed by atoms with Gasteiger partial charge in [-0.15, -0.1) is 0 Å². The van der Waals surface area contributed by atoms with Gasteiger partial charge in [0.1, 0.15) is 0 Å². The van der Waals surface area contributed by atoms with Crippen LogP contribution in [-0.2, 0) is 0 Å². The van der Waals surface area contributed by atoms with Gasteiger partial charge in [0.15, 0.2) is 5.96 Å². The summed E-state index contributed by atoms with van der Waals surface area (Å²) >= 11 is 0. The summed E-state index contributed by atoms with van der Waals surface area (Å²) in [4.78, 5) is 1.46. The zero-order valence-electron chi connectivity index (χ0n) is 4.89. The maximum absolute atomic E-state index is 8.29. The lowest BCUT2D eigenvalue weighted by atomic mass is 10.6. The molecule has 0 radical (unpaired) electrons. The van der Waals surface area contributed by atoms with Crippen LogP contribution in [0.15, 0.2) is 0 Å². The van der Waals surface area contributed by atoms with Crippen LogP contribution < -0.4 is 5.73 Å². The fraction of sp³-hybridized carbons (Fsp3) is 0.750. The molecular weight excluding hydrogens is 106 g/mol. The standard InChI is InChI=1S/C4H11N3O/c1-7(2-3-8)4(5)6/h8H,2-3H2,1H3,(H3,5,6).